The van der Waals surface area contributed by atoms with Crippen molar-refractivity contribution in [3.8, 4) is 0 Å². The van der Waals surface area contributed by atoms with Crippen LogP contribution in [-0.2, 0) is 0 Å². The lowest BCUT2D eigenvalue weighted by molar-refractivity contribution is 0.0695. The van der Waals surface area contributed by atoms with E-state index in [1.165, 1.54) is 12.5 Å². The predicted octanol–water partition coefficient (Wildman–Crippen LogP) is 1.85. The number of anilines is 2. The van der Waals surface area contributed by atoms with Gasteiger partial charge in [-0.1, -0.05) is 0 Å². The highest BCUT2D eigenvalue weighted by Gasteiger charge is 2.23. The predicted molar refractivity (Wildman–Crippen MR) is 96.7 cm³/mol. The first kappa shape index (κ1) is 17.2. The van der Waals surface area contributed by atoms with Gasteiger partial charge in [-0.3, -0.25) is 4.79 Å². The zero-order chi connectivity index (χ0) is 18.1. The summed E-state index contributed by atoms with van der Waals surface area (Å²) >= 11 is 0. The van der Waals surface area contributed by atoms with Gasteiger partial charge in [-0.2, -0.15) is 0 Å². The number of fused-ring (bicyclic) bond motifs is 1. The Labute approximate surface area is 145 Å². The number of nitrogens with zero attached hydrogens (tertiary/aromatic N) is 4. The van der Waals surface area contributed by atoms with E-state index in [1.807, 2.05) is 11.9 Å². The average Bonchev–Trinajstić information content (AvgIpc) is 2.60. The van der Waals surface area contributed by atoms with E-state index in [0.29, 0.717) is 17.0 Å². The number of hydrogen-bond donors (Lipinski definition) is 2. The van der Waals surface area contributed by atoms with Crippen LogP contribution in [0.2, 0.25) is 0 Å². The molecule has 3 heterocycles. The third-order valence-electron chi connectivity index (χ3n) is 4.64. The third kappa shape index (κ3) is 3.29. The highest BCUT2D eigenvalue weighted by atomic mass is 16.4. The SMILES string of the molecule is CC(C)N(C)c1nc2cc(C(=O)O)c(=O)[nH]c2nc1N1CCCCC1. The zero-order valence-electron chi connectivity index (χ0n) is 14.7. The number of aromatic carboxylic acids is 1. The van der Waals surface area contributed by atoms with Crippen molar-refractivity contribution >= 4 is 28.8 Å². The fourth-order valence-corrected chi connectivity index (χ4v) is 2.96. The minimum Gasteiger partial charge on any atom is -0.477 e. The summed E-state index contributed by atoms with van der Waals surface area (Å²) in [5.41, 5.74) is -0.300. The third-order valence-corrected chi connectivity index (χ3v) is 4.64. The lowest BCUT2D eigenvalue weighted by atomic mass is 10.1. The van der Waals surface area contributed by atoms with Gasteiger partial charge in [0.15, 0.2) is 17.3 Å². The second-order valence-corrected chi connectivity index (χ2v) is 6.67. The Morgan fingerprint density at radius 1 is 1.28 bits per heavy atom. The van der Waals surface area contributed by atoms with E-state index in [0.717, 1.165) is 31.7 Å². The van der Waals surface area contributed by atoms with E-state index in [9.17, 15) is 9.59 Å². The minimum atomic E-state index is -1.27. The Morgan fingerprint density at radius 3 is 2.56 bits per heavy atom. The fraction of sp³-hybridized carbons (Fsp3) is 0.529. The van der Waals surface area contributed by atoms with E-state index in [4.69, 9.17) is 5.11 Å². The van der Waals surface area contributed by atoms with Crippen molar-refractivity contribution in [2.24, 2.45) is 0 Å². The van der Waals surface area contributed by atoms with E-state index in [2.05, 4.69) is 33.7 Å². The van der Waals surface area contributed by atoms with Crippen LogP contribution in [0.15, 0.2) is 10.9 Å². The van der Waals surface area contributed by atoms with Gasteiger partial charge in [0, 0.05) is 26.2 Å². The molecule has 0 atom stereocenters. The number of hydrogen-bond acceptors (Lipinski definition) is 6. The fourth-order valence-electron chi connectivity index (χ4n) is 2.96. The summed E-state index contributed by atoms with van der Waals surface area (Å²) in [6, 6.07) is 1.50. The summed E-state index contributed by atoms with van der Waals surface area (Å²) in [6.07, 6.45) is 3.39. The molecule has 0 radical (unpaired) electrons. The van der Waals surface area contributed by atoms with Gasteiger partial charge < -0.3 is 19.9 Å². The van der Waals surface area contributed by atoms with Crippen LogP contribution in [0.3, 0.4) is 0 Å². The molecule has 1 saturated heterocycles. The monoisotopic (exact) mass is 345 g/mol. The molecule has 8 nitrogen and oxygen atoms in total. The first-order valence-electron chi connectivity index (χ1n) is 8.54. The number of aromatic amines is 1. The highest BCUT2D eigenvalue weighted by molar-refractivity contribution is 5.91. The Balaban J connectivity index is 2.21. The smallest absolute Gasteiger partial charge is 0.341 e. The van der Waals surface area contributed by atoms with Gasteiger partial charge >= 0.3 is 5.97 Å². The van der Waals surface area contributed by atoms with Crippen molar-refractivity contribution in [3.05, 3.63) is 22.0 Å². The number of H-pyrrole nitrogens is 1. The number of carboxylic acid groups (broad SMARTS) is 1. The Hall–Kier alpha value is -2.64. The topological polar surface area (TPSA) is 102 Å². The molecule has 0 aliphatic carbocycles. The van der Waals surface area contributed by atoms with Crippen LogP contribution >= 0.6 is 0 Å². The van der Waals surface area contributed by atoms with Gasteiger partial charge in [0.25, 0.3) is 5.56 Å². The van der Waals surface area contributed by atoms with Crippen LogP contribution in [0.1, 0.15) is 43.5 Å². The summed E-state index contributed by atoms with van der Waals surface area (Å²) in [7, 11) is 1.94. The van der Waals surface area contributed by atoms with E-state index in [-0.39, 0.29) is 11.6 Å². The number of piperidine rings is 1. The molecule has 1 fully saturated rings. The number of rotatable bonds is 4. The van der Waals surface area contributed by atoms with Crippen molar-refractivity contribution in [1.82, 2.24) is 15.0 Å². The zero-order valence-corrected chi connectivity index (χ0v) is 14.7. The lowest BCUT2D eigenvalue weighted by Crippen LogP contribution is -2.35. The number of carbonyl (C=O) groups is 1. The first-order valence-corrected chi connectivity index (χ1v) is 8.54. The molecule has 8 heteroatoms. The molecule has 0 bridgehead atoms. The largest absolute Gasteiger partial charge is 0.477 e. The van der Waals surface area contributed by atoms with Crippen molar-refractivity contribution in [2.75, 3.05) is 29.9 Å². The summed E-state index contributed by atoms with van der Waals surface area (Å²) in [5.74, 6) is 0.165. The highest BCUT2D eigenvalue weighted by Crippen LogP contribution is 2.30. The Kier molecular flexibility index (Phi) is 4.61. The van der Waals surface area contributed by atoms with Crippen LogP contribution in [0.25, 0.3) is 11.2 Å². The van der Waals surface area contributed by atoms with Gasteiger partial charge in [0.2, 0.25) is 0 Å². The molecule has 25 heavy (non-hydrogen) atoms. The second kappa shape index (κ2) is 6.70. The molecule has 2 N–H and O–H groups in total. The van der Waals surface area contributed by atoms with Gasteiger partial charge in [-0.15, -0.1) is 0 Å². The molecule has 0 unspecified atom stereocenters. The molecule has 1 aliphatic heterocycles. The molecular weight excluding hydrogens is 322 g/mol. The number of nitrogens with one attached hydrogen (secondary N) is 1. The van der Waals surface area contributed by atoms with Gasteiger partial charge in [-0.05, 0) is 39.2 Å². The minimum absolute atomic E-state index is 0.206. The van der Waals surface area contributed by atoms with E-state index >= 15 is 0 Å². The molecule has 2 aromatic heterocycles. The van der Waals surface area contributed by atoms with Gasteiger partial charge in [0.1, 0.15) is 11.1 Å². The molecule has 3 rings (SSSR count). The first-order chi connectivity index (χ1) is 11.9. The lowest BCUT2D eigenvalue weighted by Gasteiger charge is -2.32. The van der Waals surface area contributed by atoms with Gasteiger partial charge in [0.05, 0.1) is 0 Å². The Bertz CT molecular complexity index is 855. The van der Waals surface area contributed by atoms with Crippen molar-refractivity contribution in [3.63, 3.8) is 0 Å². The molecule has 0 saturated carbocycles. The van der Waals surface area contributed by atoms with Crippen LogP contribution in [0, 0.1) is 0 Å². The number of pyridine rings is 1. The maximum atomic E-state index is 12.0. The normalized spacial score (nSPS) is 15.0. The molecule has 0 spiro atoms. The maximum Gasteiger partial charge on any atom is 0.341 e. The average molecular weight is 345 g/mol. The van der Waals surface area contributed by atoms with Crippen LogP contribution in [-0.4, -0.2) is 52.2 Å². The standard InChI is InChI=1S/C17H23N5O3/c1-10(2)21(3)14-15(22-7-5-4-6-8-22)19-13-12(18-14)9-11(17(24)25)16(23)20-13/h9-10H,4-8H2,1-3H3,(H,24,25)(H,19,20,23). The van der Waals surface area contributed by atoms with Crippen LogP contribution in [0.5, 0.6) is 0 Å². The summed E-state index contributed by atoms with van der Waals surface area (Å²) in [4.78, 5) is 39.2. The molecule has 0 amide bonds. The van der Waals surface area contributed by atoms with Crippen molar-refractivity contribution in [1.29, 1.82) is 0 Å². The van der Waals surface area contributed by atoms with Crippen LogP contribution in [0.4, 0.5) is 11.6 Å². The van der Waals surface area contributed by atoms with Crippen molar-refractivity contribution in [2.45, 2.75) is 39.2 Å². The molecule has 0 aromatic carbocycles. The number of carboxylic acids is 1. The molecule has 134 valence electrons. The second-order valence-electron chi connectivity index (χ2n) is 6.67. The molecule has 2 aromatic rings. The summed E-state index contributed by atoms with van der Waals surface area (Å²) in [5, 5.41) is 9.16. The Morgan fingerprint density at radius 2 is 1.96 bits per heavy atom. The molecule has 1 aliphatic rings. The maximum absolute atomic E-state index is 12.0. The van der Waals surface area contributed by atoms with Gasteiger partial charge in [-0.25, -0.2) is 14.8 Å². The molecular formula is C17H23N5O3. The van der Waals surface area contributed by atoms with Crippen molar-refractivity contribution < 1.29 is 9.90 Å². The number of aromatic nitrogens is 3. The quantitative estimate of drug-likeness (QED) is 0.872. The van der Waals surface area contributed by atoms with Crippen LogP contribution < -0.4 is 15.4 Å². The summed E-state index contributed by atoms with van der Waals surface area (Å²) in [6.45, 7) is 5.91. The summed E-state index contributed by atoms with van der Waals surface area (Å²) < 4.78 is 0. The van der Waals surface area contributed by atoms with E-state index in [1.54, 1.807) is 0 Å². The van der Waals surface area contributed by atoms with E-state index < -0.39 is 11.5 Å².